The molecular formula is C9H15N3O2. The normalized spacial score (nSPS) is 15.1. The number of aliphatic carboxylic acids is 1. The number of nitrogens with one attached hydrogen (secondary N) is 1. The summed E-state index contributed by atoms with van der Waals surface area (Å²) < 4.78 is 1.62. The van der Waals surface area contributed by atoms with Crippen LogP contribution in [0.2, 0.25) is 0 Å². The van der Waals surface area contributed by atoms with Gasteiger partial charge in [0.05, 0.1) is 12.7 Å². The maximum absolute atomic E-state index is 11.0. The van der Waals surface area contributed by atoms with Gasteiger partial charge in [-0.05, 0) is 26.5 Å². The Labute approximate surface area is 82.7 Å². The van der Waals surface area contributed by atoms with E-state index in [4.69, 9.17) is 5.11 Å². The van der Waals surface area contributed by atoms with E-state index in [-0.39, 0.29) is 0 Å². The van der Waals surface area contributed by atoms with Gasteiger partial charge in [0.2, 0.25) is 0 Å². The summed E-state index contributed by atoms with van der Waals surface area (Å²) in [7, 11) is 1.63. The fraction of sp³-hybridized carbons (Fsp3) is 0.556. The van der Waals surface area contributed by atoms with Crippen molar-refractivity contribution < 1.29 is 9.90 Å². The lowest BCUT2D eigenvalue weighted by Crippen LogP contribution is -2.50. The number of rotatable bonds is 4. The van der Waals surface area contributed by atoms with Crippen LogP contribution in [0.25, 0.3) is 0 Å². The number of aryl methyl sites for hydroxylation is 1. The zero-order valence-corrected chi connectivity index (χ0v) is 8.61. The number of carboxylic acid groups (broad SMARTS) is 1. The second-order valence-electron chi connectivity index (χ2n) is 3.60. The average molecular weight is 197 g/mol. The summed E-state index contributed by atoms with van der Waals surface area (Å²) in [5.41, 5.74) is 0.0483. The standard InChI is InChI=1S/C9H15N3O2/c1-7-4-11-12(5-7)6-9(2,10-3)8(13)14/h4-5,10H,6H2,1-3H3,(H,13,14). The molecule has 14 heavy (non-hydrogen) atoms. The average Bonchev–Trinajstić information content (AvgIpc) is 2.50. The summed E-state index contributed by atoms with van der Waals surface area (Å²) in [4.78, 5) is 11.0. The van der Waals surface area contributed by atoms with Gasteiger partial charge in [0.25, 0.3) is 0 Å². The van der Waals surface area contributed by atoms with Crippen molar-refractivity contribution in [3.8, 4) is 0 Å². The van der Waals surface area contributed by atoms with Crippen molar-refractivity contribution in [2.45, 2.75) is 25.9 Å². The van der Waals surface area contributed by atoms with Crippen LogP contribution in [-0.4, -0.2) is 33.4 Å². The van der Waals surface area contributed by atoms with Crippen LogP contribution in [0.1, 0.15) is 12.5 Å². The highest BCUT2D eigenvalue weighted by molar-refractivity contribution is 5.78. The number of aromatic nitrogens is 2. The van der Waals surface area contributed by atoms with Gasteiger partial charge in [0.1, 0.15) is 5.54 Å². The molecule has 0 saturated carbocycles. The van der Waals surface area contributed by atoms with Crippen molar-refractivity contribution in [2.24, 2.45) is 0 Å². The van der Waals surface area contributed by atoms with Gasteiger partial charge in [0.15, 0.2) is 0 Å². The monoisotopic (exact) mass is 197 g/mol. The lowest BCUT2D eigenvalue weighted by Gasteiger charge is -2.23. The summed E-state index contributed by atoms with van der Waals surface area (Å²) in [6.07, 6.45) is 3.52. The van der Waals surface area contributed by atoms with E-state index in [0.717, 1.165) is 5.56 Å². The third kappa shape index (κ3) is 2.11. The first-order valence-electron chi connectivity index (χ1n) is 4.39. The van der Waals surface area contributed by atoms with E-state index in [1.165, 1.54) is 0 Å². The highest BCUT2D eigenvalue weighted by Gasteiger charge is 2.31. The molecule has 0 bridgehead atoms. The zero-order valence-electron chi connectivity index (χ0n) is 8.61. The minimum Gasteiger partial charge on any atom is -0.480 e. The zero-order chi connectivity index (χ0) is 10.8. The number of carbonyl (C=O) groups is 1. The van der Waals surface area contributed by atoms with E-state index in [9.17, 15) is 4.79 Å². The molecule has 1 aromatic rings. The molecule has 0 aliphatic rings. The largest absolute Gasteiger partial charge is 0.480 e. The smallest absolute Gasteiger partial charge is 0.325 e. The van der Waals surface area contributed by atoms with Gasteiger partial charge in [-0.1, -0.05) is 0 Å². The van der Waals surface area contributed by atoms with Crippen molar-refractivity contribution in [1.29, 1.82) is 0 Å². The Hall–Kier alpha value is -1.36. The molecule has 0 spiro atoms. The van der Waals surface area contributed by atoms with Gasteiger partial charge >= 0.3 is 5.97 Å². The summed E-state index contributed by atoms with van der Waals surface area (Å²) in [5.74, 6) is -0.881. The summed E-state index contributed by atoms with van der Waals surface area (Å²) in [6.45, 7) is 3.86. The van der Waals surface area contributed by atoms with E-state index >= 15 is 0 Å². The summed E-state index contributed by atoms with van der Waals surface area (Å²) >= 11 is 0. The quantitative estimate of drug-likeness (QED) is 0.726. The number of hydrogen-bond donors (Lipinski definition) is 2. The van der Waals surface area contributed by atoms with Crippen molar-refractivity contribution in [3.63, 3.8) is 0 Å². The molecule has 0 amide bonds. The second kappa shape index (κ2) is 3.79. The van der Waals surface area contributed by atoms with Gasteiger partial charge in [-0.2, -0.15) is 5.10 Å². The van der Waals surface area contributed by atoms with Crippen molar-refractivity contribution in [2.75, 3.05) is 7.05 Å². The minimum atomic E-state index is -0.974. The Balaban J connectivity index is 2.80. The SMILES string of the molecule is CNC(C)(Cn1cc(C)cn1)C(=O)O. The molecule has 2 N–H and O–H groups in total. The molecule has 5 heteroatoms. The predicted molar refractivity (Wildman–Crippen MR) is 52.1 cm³/mol. The second-order valence-corrected chi connectivity index (χ2v) is 3.60. The van der Waals surface area contributed by atoms with Crippen LogP contribution in [-0.2, 0) is 11.3 Å². The Morgan fingerprint density at radius 1 is 1.79 bits per heavy atom. The van der Waals surface area contributed by atoms with Gasteiger partial charge in [-0.3, -0.25) is 9.48 Å². The number of carboxylic acids is 1. The van der Waals surface area contributed by atoms with E-state index in [1.54, 1.807) is 24.9 Å². The Bertz CT molecular complexity index is 335. The van der Waals surface area contributed by atoms with Gasteiger partial charge in [-0.25, -0.2) is 0 Å². The van der Waals surface area contributed by atoms with Crippen LogP contribution in [0.5, 0.6) is 0 Å². The van der Waals surface area contributed by atoms with Crippen LogP contribution in [0.3, 0.4) is 0 Å². The first kappa shape index (κ1) is 10.7. The molecule has 1 heterocycles. The molecule has 0 aliphatic carbocycles. The maximum Gasteiger partial charge on any atom is 0.325 e. The maximum atomic E-state index is 11.0. The molecule has 5 nitrogen and oxygen atoms in total. The third-order valence-electron chi connectivity index (χ3n) is 2.26. The van der Waals surface area contributed by atoms with Crippen LogP contribution in [0.4, 0.5) is 0 Å². The van der Waals surface area contributed by atoms with Crippen LogP contribution in [0.15, 0.2) is 12.4 Å². The molecule has 0 aromatic carbocycles. The van der Waals surface area contributed by atoms with E-state index < -0.39 is 11.5 Å². The summed E-state index contributed by atoms with van der Waals surface area (Å²) in [6, 6.07) is 0. The Morgan fingerprint density at radius 2 is 2.43 bits per heavy atom. The number of nitrogens with zero attached hydrogens (tertiary/aromatic N) is 2. The lowest BCUT2D eigenvalue weighted by atomic mass is 10.0. The van der Waals surface area contributed by atoms with Crippen molar-refractivity contribution in [1.82, 2.24) is 15.1 Å². The molecule has 1 unspecified atom stereocenters. The van der Waals surface area contributed by atoms with E-state index in [1.807, 2.05) is 13.1 Å². The van der Waals surface area contributed by atoms with Crippen LogP contribution < -0.4 is 5.32 Å². The molecule has 1 atom stereocenters. The Kier molecular flexibility index (Phi) is 2.90. The highest BCUT2D eigenvalue weighted by Crippen LogP contribution is 2.07. The van der Waals surface area contributed by atoms with E-state index in [0.29, 0.717) is 6.54 Å². The predicted octanol–water partition coefficient (Wildman–Crippen LogP) is 0.254. The Morgan fingerprint density at radius 3 is 2.79 bits per heavy atom. The highest BCUT2D eigenvalue weighted by atomic mass is 16.4. The minimum absolute atomic E-state index is 0.312. The van der Waals surface area contributed by atoms with Crippen LogP contribution in [0, 0.1) is 6.92 Å². The molecular weight excluding hydrogens is 182 g/mol. The first-order chi connectivity index (χ1) is 6.48. The topological polar surface area (TPSA) is 67.2 Å². The van der Waals surface area contributed by atoms with Crippen LogP contribution >= 0.6 is 0 Å². The molecule has 78 valence electrons. The number of hydrogen-bond acceptors (Lipinski definition) is 3. The molecule has 0 radical (unpaired) electrons. The molecule has 0 fully saturated rings. The molecule has 0 saturated heterocycles. The van der Waals surface area contributed by atoms with Crippen molar-refractivity contribution in [3.05, 3.63) is 18.0 Å². The fourth-order valence-corrected chi connectivity index (χ4v) is 1.13. The van der Waals surface area contributed by atoms with Gasteiger partial charge in [-0.15, -0.1) is 0 Å². The first-order valence-corrected chi connectivity index (χ1v) is 4.39. The van der Waals surface area contributed by atoms with E-state index in [2.05, 4.69) is 10.4 Å². The number of likely N-dealkylation sites (N-methyl/N-ethyl adjacent to an activating group) is 1. The van der Waals surface area contributed by atoms with Gasteiger partial charge in [0, 0.05) is 6.20 Å². The summed E-state index contributed by atoms with van der Waals surface area (Å²) in [5, 5.41) is 15.8. The van der Waals surface area contributed by atoms with Crippen molar-refractivity contribution >= 4 is 5.97 Å². The molecule has 1 rings (SSSR count). The lowest BCUT2D eigenvalue weighted by molar-refractivity contribution is -0.144. The molecule has 0 aliphatic heterocycles. The van der Waals surface area contributed by atoms with Gasteiger partial charge < -0.3 is 10.4 Å². The third-order valence-corrected chi connectivity index (χ3v) is 2.26. The fourth-order valence-electron chi connectivity index (χ4n) is 1.13. The molecule has 1 aromatic heterocycles.